The zero-order chi connectivity index (χ0) is 7.56. The summed E-state index contributed by atoms with van der Waals surface area (Å²) in [6.07, 6.45) is 1.09. The Hall–Kier alpha value is -0.740. The van der Waals surface area contributed by atoms with Gasteiger partial charge in [0, 0.05) is 0 Å². The van der Waals surface area contributed by atoms with Crippen molar-refractivity contribution in [3.63, 3.8) is 0 Å². The van der Waals surface area contributed by atoms with E-state index >= 15 is 0 Å². The largest absolute Gasteiger partial charge is 0.390 e. The maximum absolute atomic E-state index is 12.6. The van der Waals surface area contributed by atoms with Crippen LogP contribution in [0, 0.1) is 5.82 Å². The molecule has 0 saturated heterocycles. The SMILES string of the molecule is OCc1ncnc(Cl)c1F. The topological polar surface area (TPSA) is 46.0 Å². The molecule has 0 saturated carbocycles. The molecule has 0 bridgehead atoms. The molecule has 0 aromatic carbocycles. The van der Waals surface area contributed by atoms with Gasteiger partial charge in [-0.3, -0.25) is 0 Å². The molecule has 0 radical (unpaired) electrons. The van der Waals surface area contributed by atoms with E-state index in [-0.39, 0.29) is 10.8 Å². The van der Waals surface area contributed by atoms with Crippen LogP contribution in [0.4, 0.5) is 4.39 Å². The molecular formula is C5H4ClFN2O. The zero-order valence-electron chi connectivity index (χ0n) is 4.88. The summed E-state index contributed by atoms with van der Waals surface area (Å²) in [6.45, 7) is -0.464. The quantitative estimate of drug-likeness (QED) is 0.621. The van der Waals surface area contributed by atoms with E-state index in [4.69, 9.17) is 16.7 Å². The molecule has 0 spiro atoms. The van der Waals surface area contributed by atoms with Crippen molar-refractivity contribution in [1.29, 1.82) is 0 Å². The Morgan fingerprint density at radius 1 is 1.60 bits per heavy atom. The number of hydrogen-bond donors (Lipinski definition) is 1. The van der Waals surface area contributed by atoms with E-state index in [0.717, 1.165) is 6.33 Å². The van der Waals surface area contributed by atoms with Crippen molar-refractivity contribution in [3.8, 4) is 0 Å². The Morgan fingerprint density at radius 2 is 2.30 bits per heavy atom. The van der Waals surface area contributed by atoms with Crippen LogP contribution in [-0.4, -0.2) is 15.1 Å². The first-order valence-electron chi connectivity index (χ1n) is 2.51. The molecule has 0 aliphatic rings. The summed E-state index contributed by atoms with van der Waals surface area (Å²) in [4.78, 5) is 6.79. The number of nitrogens with zero attached hydrogens (tertiary/aromatic N) is 2. The third-order valence-electron chi connectivity index (χ3n) is 0.969. The smallest absolute Gasteiger partial charge is 0.184 e. The predicted molar refractivity (Wildman–Crippen MR) is 32.9 cm³/mol. The fourth-order valence-electron chi connectivity index (χ4n) is 0.492. The van der Waals surface area contributed by atoms with Crippen molar-refractivity contribution in [1.82, 2.24) is 9.97 Å². The molecule has 54 valence electrons. The molecule has 0 unspecified atom stereocenters. The molecule has 1 rings (SSSR count). The highest BCUT2D eigenvalue weighted by Crippen LogP contribution is 2.11. The lowest BCUT2D eigenvalue weighted by molar-refractivity contribution is 0.269. The van der Waals surface area contributed by atoms with Crippen LogP contribution in [0.2, 0.25) is 5.15 Å². The highest BCUT2D eigenvalue weighted by Gasteiger charge is 2.06. The molecule has 5 heteroatoms. The molecule has 0 aliphatic heterocycles. The van der Waals surface area contributed by atoms with Gasteiger partial charge in [-0.25, -0.2) is 14.4 Å². The average Bonchev–Trinajstić information content (AvgIpc) is 1.95. The maximum Gasteiger partial charge on any atom is 0.184 e. The van der Waals surface area contributed by atoms with E-state index in [0.29, 0.717) is 0 Å². The van der Waals surface area contributed by atoms with E-state index in [1.165, 1.54) is 0 Å². The number of hydrogen-bond acceptors (Lipinski definition) is 3. The summed E-state index contributed by atoms with van der Waals surface area (Å²) < 4.78 is 12.6. The minimum absolute atomic E-state index is 0.0833. The standard InChI is InChI=1S/C5H4ClFN2O/c6-5-4(7)3(1-10)8-2-9-5/h2,10H,1H2. The van der Waals surface area contributed by atoms with Gasteiger partial charge in [-0.05, 0) is 0 Å². The van der Waals surface area contributed by atoms with Gasteiger partial charge in [0.15, 0.2) is 11.0 Å². The molecule has 0 amide bonds. The molecule has 1 aromatic rings. The minimum Gasteiger partial charge on any atom is -0.390 e. The van der Waals surface area contributed by atoms with E-state index < -0.39 is 12.4 Å². The van der Waals surface area contributed by atoms with Crippen LogP contribution in [-0.2, 0) is 6.61 Å². The van der Waals surface area contributed by atoms with Gasteiger partial charge in [0.05, 0.1) is 6.61 Å². The maximum atomic E-state index is 12.6. The third-order valence-corrected chi connectivity index (χ3v) is 1.23. The monoisotopic (exact) mass is 162 g/mol. The summed E-state index contributed by atoms with van der Waals surface area (Å²) in [5, 5.41) is 8.19. The van der Waals surface area contributed by atoms with Gasteiger partial charge in [-0.15, -0.1) is 0 Å². The molecule has 1 heterocycles. The normalized spacial score (nSPS) is 9.90. The van der Waals surface area contributed by atoms with Crippen LogP contribution in [0.1, 0.15) is 5.69 Å². The zero-order valence-corrected chi connectivity index (χ0v) is 5.64. The van der Waals surface area contributed by atoms with Crippen molar-refractivity contribution in [2.45, 2.75) is 6.61 Å². The van der Waals surface area contributed by atoms with Gasteiger partial charge >= 0.3 is 0 Å². The summed E-state index contributed by atoms with van der Waals surface area (Å²) in [6, 6.07) is 0. The van der Waals surface area contributed by atoms with Crippen LogP contribution < -0.4 is 0 Å². The third kappa shape index (κ3) is 1.22. The van der Waals surface area contributed by atoms with E-state index in [1.807, 2.05) is 0 Å². The number of aliphatic hydroxyl groups excluding tert-OH is 1. The van der Waals surface area contributed by atoms with Gasteiger partial charge in [0.25, 0.3) is 0 Å². The van der Waals surface area contributed by atoms with Gasteiger partial charge in [-0.2, -0.15) is 0 Å². The Kier molecular flexibility index (Phi) is 2.13. The van der Waals surface area contributed by atoms with Crippen molar-refractivity contribution >= 4 is 11.6 Å². The molecule has 0 fully saturated rings. The molecule has 10 heavy (non-hydrogen) atoms. The van der Waals surface area contributed by atoms with Gasteiger partial charge < -0.3 is 5.11 Å². The van der Waals surface area contributed by atoms with Crippen LogP contribution in [0.3, 0.4) is 0 Å². The summed E-state index contributed by atoms with van der Waals surface area (Å²) in [7, 11) is 0. The summed E-state index contributed by atoms with van der Waals surface area (Å²) in [5.74, 6) is -0.758. The van der Waals surface area contributed by atoms with Crippen molar-refractivity contribution in [3.05, 3.63) is 23.0 Å². The molecule has 0 atom stereocenters. The second-order valence-corrected chi connectivity index (χ2v) is 1.94. The lowest BCUT2D eigenvalue weighted by Gasteiger charge is -1.96. The highest BCUT2D eigenvalue weighted by molar-refractivity contribution is 6.29. The van der Waals surface area contributed by atoms with Gasteiger partial charge in [-0.1, -0.05) is 11.6 Å². The Balaban J connectivity index is 3.14. The molecular weight excluding hydrogens is 159 g/mol. The first-order chi connectivity index (χ1) is 4.75. The second-order valence-electron chi connectivity index (χ2n) is 1.58. The summed E-state index contributed by atoms with van der Waals surface area (Å²) >= 11 is 5.26. The summed E-state index contributed by atoms with van der Waals surface area (Å²) in [5.41, 5.74) is -0.0833. The van der Waals surface area contributed by atoms with Crippen LogP contribution in [0.15, 0.2) is 6.33 Å². The number of aromatic nitrogens is 2. The van der Waals surface area contributed by atoms with E-state index in [2.05, 4.69) is 9.97 Å². The molecule has 0 aliphatic carbocycles. The van der Waals surface area contributed by atoms with E-state index in [9.17, 15) is 4.39 Å². The molecule has 3 nitrogen and oxygen atoms in total. The predicted octanol–water partition coefficient (Wildman–Crippen LogP) is 0.761. The molecule has 1 aromatic heterocycles. The first-order valence-corrected chi connectivity index (χ1v) is 2.89. The lowest BCUT2D eigenvalue weighted by Crippen LogP contribution is -1.96. The Bertz CT molecular complexity index is 243. The van der Waals surface area contributed by atoms with E-state index in [1.54, 1.807) is 0 Å². The van der Waals surface area contributed by atoms with Crippen LogP contribution in [0.5, 0.6) is 0 Å². The fourth-order valence-corrected chi connectivity index (χ4v) is 0.645. The van der Waals surface area contributed by atoms with Crippen molar-refractivity contribution in [2.75, 3.05) is 0 Å². The van der Waals surface area contributed by atoms with Crippen LogP contribution >= 0.6 is 11.6 Å². The fraction of sp³-hybridized carbons (Fsp3) is 0.200. The second kappa shape index (κ2) is 2.90. The Morgan fingerprint density at radius 3 is 2.80 bits per heavy atom. The minimum atomic E-state index is -0.758. The first kappa shape index (κ1) is 7.37. The number of halogens is 2. The lowest BCUT2D eigenvalue weighted by atomic mass is 10.4. The Labute approximate surface area is 61.5 Å². The van der Waals surface area contributed by atoms with Crippen molar-refractivity contribution in [2.24, 2.45) is 0 Å². The van der Waals surface area contributed by atoms with Crippen LogP contribution in [0.25, 0.3) is 0 Å². The van der Waals surface area contributed by atoms with Gasteiger partial charge in [0.2, 0.25) is 0 Å². The van der Waals surface area contributed by atoms with Crippen molar-refractivity contribution < 1.29 is 9.50 Å². The average molecular weight is 163 g/mol. The molecule has 1 N–H and O–H groups in total. The highest BCUT2D eigenvalue weighted by atomic mass is 35.5. The number of rotatable bonds is 1. The number of aliphatic hydroxyl groups is 1. The van der Waals surface area contributed by atoms with Gasteiger partial charge in [0.1, 0.15) is 12.0 Å².